The highest BCUT2D eigenvalue weighted by Gasteiger charge is 2.29. The van der Waals surface area contributed by atoms with Crippen molar-refractivity contribution >= 4 is 17.4 Å². The number of nitrogens with zero attached hydrogens (tertiary/aromatic N) is 5. The molecule has 7 nitrogen and oxygen atoms in total. The molecule has 29 heavy (non-hydrogen) atoms. The van der Waals surface area contributed by atoms with Crippen LogP contribution < -0.4 is 10.2 Å². The van der Waals surface area contributed by atoms with E-state index >= 15 is 0 Å². The number of aromatic nitrogens is 2. The number of aryl methyl sites for hydroxylation is 1. The number of anilines is 2. The van der Waals surface area contributed by atoms with E-state index in [2.05, 4.69) is 75.3 Å². The van der Waals surface area contributed by atoms with Gasteiger partial charge < -0.3 is 15.1 Å². The third kappa shape index (κ3) is 4.26. The molecular formula is C22H30N6O. The molecule has 0 saturated carbocycles. The van der Waals surface area contributed by atoms with Crippen LogP contribution in [-0.4, -0.2) is 78.9 Å². The number of fused-ring (bicyclic) bond motifs is 1. The largest absolute Gasteiger partial charge is 0.363 e. The summed E-state index contributed by atoms with van der Waals surface area (Å²) in [6.07, 6.45) is 2.02. The van der Waals surface area contributed by atoms with Crippen molar-refractivity contribution in [2.75, 3.05) is 63.6 Å². The van der Waals surface area contributed by atoms with Gasteiger partial charge >= 0.3 is 0 Å². The summed E-state index contributed by atoms with van der Waals surface area (Å²) in [6.45, 7) is 7.28. The molecule has 154 valence electrons. The Bertz CT molecular complexity index is 875. The predicted octanol–water partition coefficient (Wildman–Crippen LogP) is 1.75. The van der Waals surface area contributed by atoms with Crippen molar-refractivity contribution in [2.45, 2.75) is 19.4 Å². The number of piperazine rings is 1. The number of nitrogens with one attached hydrogen (secondary N) is 1. The Balaban J connectivity index is 1.51. The first-order chi connectivity index (χ1) is 14.0. The lowest BCUT2D eigenvalue weighted by Gasteiger charge is -2.41. The number of ketones is 1. The smallest absolute Gasteiger partial charge is 0.156 e. The molecule has 0 spiro atoms. The number of carbonyl (C=O) groups excluding carboxylic acids is 1. The zero-order chi connectivity index (χ0) is 20.4. The molecule has 7 heteroatoms. The van der Waals surface area contributed by atoms with Crippen molar-refractivity contribution < 1.29 is 4.79 Å². The Morgan fingerprint density at radius 1 is 1.14 bits per heavy atom. The van der Waals surface area contributed by atoms with Gasteiger partial charge in [0.05, 0.1) is 6.54 Å². The molecule has 1 saturated heterocycles. The number of Topliss-reactive ketones (excluding diaryl/α,β-unsaturated/α-hetero) is 1. The van der Waals surface area contributed by atoms with Crippen molar-refractivity contribution in [1.82, 2.24) is 19.8 Å². The Labute approximate surface area is 172 Å². The fourth-order valence-electron chi connectivity index (χ4n) is 4.40. The average molecular weight is 395 g/mol. The molecule has 0 radical (unpaired) electrons. The summed E-state index contributed by atoms with van der Waals surface area (Å²) < 4.78 is 0. The van der Waals surface area contributed by atoms with Crippen LogP contribution in [0.4, 0.5) is 11.6 Å². The second-order valence-electron chi connectivity index (χ2n) is 8.25. The molecular weight excluding hydrogens is 364 g/mol. The summed E-state index contributed by atoms with van der Waals surface area (Å²) in [5.74, 6) is 1.91. The van der Waals surface area contributed by atoms with Gasteiger partial charge in [-0.3, -0.25) is 9.69 Å². The van der Waals surface area contributed by atoms with Crippen molar-refractivity contribution in [1.29, 1.82) is 0 Å². The molecule has 0 aliphatic carbocycles. The predicted molar refractivity (Wildman–Crippen MR) is 115 cm³/mol. The lowest BCUT2D eigenvalue weighted by atomic mass is 9.98. The van der Waals surface area contributed by atoms with Gasteiger partial charge in [0.1, 0.15) is 18.0 Å². The summed E-state index contributed by atoms with van der Waals surface area (Å²) in [6, 6.07) is 9.07. The second-order valence-corrected chi connectivity index (χ2v) is 8.25. The first-order valence-corrected chi connectivity index (χ1v) is 10.3. The minimum atomic E-state index is 0.192. The zero-order valence-electron chi connectivity index (χ0n) is 17.6. The standard InChI is InChI=1S/C22H30N6O/c1-16-6-4-5-7-18(16)20(14-26(2)3)27-8-10-28(11-9-27)22-19-12-17(29)13-23-21(19)24-15-25-22/h4-7,15,20H,8-14H2,1-3H3,(H,23,24,25). The average Bonchev–Trinajstić information content (AvgIpc) is 2.72. The lowest BCUT2D eigenvalue weighted by Crippen LogP contribution is -2.50. The van der Waals surface area contributed by atoms with E-state index in [0.717, 1.165) is 49.9 Å². The number of rotatable bonds is 5. The van der Waals surface area contributed by atoms with Crippen LogP contribution in [0.1, 0.15) is 22.7 Å². The number of carbonyl (C=O) groups is 1. The van der Waals surface area contributed by atoms with Gasteiger partial charge in [0, 0.05) is 50.7 Å². The maximum atomic E-state index is 11.9. The monoisotopic (exact) mass is 394 g/mol. The van der Waals surface area contributed by atoms with Crippen LogP contribution in [0.15, 0.2) is 30.6 Å². The maximum Gasteiger partial charge on any atom is 0.156 e. The summed E-state index contributed by atoms with van der Waals surface area (Å²) in [4.78, 5) is 28.0. The number of benzene rings is 1. The SMILES string of the molecule is Cc1ccccc1C(CN(C)C)N1CCN(c2ncnc3c2CC(=O)CN3)CC1. The zero-order valence-corrected chi connectivity index (χ0v) is 17.6. The Kier molecular flexibility index (Phi) is 5.78. The van der Waals surface area contributed by atoms with E-state index in [9.17, 15) is 4.79 Å². The lowest BCUT2D eigenvalue weighted by molar-refractivity contribution is -0.117. The molecule has 0 amide bonds. The van der Waals surface area contributed by atoms with Gasteiger partial charge in [0.15, 0.2) is 5.78 Å². The van der Waals surface area contributed by atoms with Crippen molar-refractivity contribution in [3.63, 3.8) is 0 Å². The van der Waals surface area contributed by atoms with E-state index in [1.807, 2.05) is 0 Å². The van der Waals surface area contributed by atoms with Crippen LogP contribution in [0.25, 0.3) is 0 Å². The first kappa shape index (κ1) is 19.8. The molecule has 1 aromatic heterocycles. The molecule has 1 aromatic carbocycles. The number of hydrogen-bond donors (Lipinski definition) is 1. The van der Waals surface area contributed by atoms with Gasteiger partial charge in [-0.2, -0.15) is 0 Å². The number of likely N-dealkylation sites (N-methyl/N-ethyl adjacent to an activating group) is 1. The summed E-state index contributed by atoms with van der Waals surface area (Å²) in [5, 5.41) is 3.12. The van der Waals surface area contributed by atoms with E-state index in [1.165, 1.54) is 11.1 Å². The molecule has 2 aromatic rings. The fraction of sp³-hybridized carbons (Fsp3) is 0.500. The van der Waals surface area contributed by atoms with Gasteiger partial charge in [-0.15, -0.1) is 0 Å². The van der Waals surface area contributed by atoms with Gasteiger partial charge in [-0.25, -0.2) is 9.97 Å². The molecule has 1 fully saturated rings. The highest BCUT2D eigenvalue weighted by Crippen LogP contribution is 2.30. The van der Waals surface area contributed by atoms with Crippen LogP contribution in [0, 0.1) is 6.92 Å². The molecule has 1 atom stereocenters. The quantitative estimate of drug-likeness (QED) is 0.829. The molecule has 2 aliphatic heterocycles. The Morgan fingerprint density at radius 2 is 1.90 bits per heavy atom. The van der Waals surface area contributed by atoms with E-state index in [-0.39, 0.29) is 5.78 Å². The van der Waals surface area contributed by atoms with E-state index in [4.69, 9.17) is 0 Å². The maximum absolute atomic E-state index is 11.9. The van der Waals surface area contributed by atoms with Gasteiger partial charge in [-0.1, -0.05) is 24.3 Å². The van der Waals surface area contributed by atoms with Crippen LogP contribution >= 0.6 is 0 Å². The first-order valence-electron chi connectivity index (χ1n) is 10.3. The van der Waals surface area contributed by atoms with Crippen LogP contribution in [0.5, 0.6) is 0 Å². The Hall–Kier alpha value is -2.51. The molecule has 4 rings (SSSR count). The summed E-state index contributed by atoms with van der Waals surface area (Å²) in [7, 11) is 4.28. The van der Waals surface area contributed by atoms with E-state index in [0.29, 0.717) is 19.0 Å². The highest BCUT2D eigenvalue weighted by atomic mass is 16.1. The highest BCUT2D eigenvalue weighted by molar-refractivity contribution is 5.90. The molecule has 1 N–H and O–H groups in total. The second kappa shape index (κ2) is 8.47. The molecule has 1 unspecified atom stereocenters. The van der Waals surface area contributed by atoms with Gasteiger partial charge in [0.2, 0.25) is 0 Å². The minimum absolute atomic E-state index is 0.192. The summed E-state index contributed by atoms with van der Waals surface area (Å²) in [5.41, 5.74) is 3.70. The summed E-state index contributed by atoms with van der Waals surface area (Å²) >= 11 is 0. The van der Waals surface area contributed by atoms with Gasteiger partial charge in [0.25, 0.3) is 0 Å². The number of hydrogen-bond acceptors (Lipinski definition) is 7. The van der Waals surface area contributed by atoms with Crippen molar-refractivity contribution in [3.8, 4) is 0 Å². The van der Waals surface area contributed by atoms with Crippen LogP contribution in [0.3, 0.4) is 0 Å². The normalized spacial score (nSPS) is 18.5. The third-order valence-corrected chi connectivity index (χ3v) is 5.89. The van der Waals surface area contributed by atoms with Crippen molar-refractivity contribution in [2.24, 2.45) is 0 Å². The van der Waals surface area contributed by atoms with E-state index in [1.54, 1.807) is 6.33 Å². The van der Waals surface area contributed by atoms with Crippen molar-refractivity contribution in [3.05, 3.63) is 47.3 Å². The van der Waals surface area contributed by atoms with Gasteiger partial charge in [-0.05, 0) is 32.1 Å². The third-order valence-electron chi connectivity index (χ3n) is 5.89. The van der Waals surface area contributed by atoms with E-state index < -0.39 is 0 Å². The topological polar surface area (TPSA) is 64.6 Å². The van der Waals surface area contributed by atoms with Crippen LogP contribution in [0.2, 0.25) is 0 Å². The minimum Gasteiger partial charge on any atom is -0.363 e. The fourth-order valence-corrected chi connectivity index (χ4v) is 4.40. The molecule has 2 aliphatic rings. The molecule has 0 bridgehead atoms. The Morgan fingerprint density at radius 3 is 2.62 bits per heavy atom. The van der Waals surface area contributed by atoms with Crippen LogP contribution in [-0.2, 0) is 11.2 Å². The molecule has 3 heterocycles.